The van der Waals surface area contributed by atoms with Crippen LogP contribution in [0.3, 0.4) is 0 Å². The monoisotopic (exact) mass is 534 g/mol. The zero-order chi connectivity index (χ0) is 27.1. The fraction of sp³-hybridized carbons (Fsp3) is 0.960. The molecule has 0 aromatic carbocycles. The van der Waals surface area contributed by atoms with E-state index in [0.717, 1.165) is 0 Å². The first kappa shape index (κ1) is 32.0. The van der Waals surface area contributed by atoms with E-state index in [4.69, 9.17) is 22.8 Å². The van der Waals surface area contributed by atoms with E-state index < -0.39 is 37.3 Å². The zero-order valence-electron chi connectivity index (χ0n) is 25.0. The number of rotatable bonds is 8. The molecule has 202 valence electrons. The maximum absolute atomic E-state index is 12.0. The van der Waals surface area contributed by atoms with Crippen molar-refractivity contribution in [3.8, 4) is 0 Å². The van der Waals surface area contributed by atoms with Gasteiger partial charge in [0.1, 0.15) is 18.3 Å². The minimum absolute atomic E-state index is 0.00891. The molecule has 9 heteroatoms. The molecule has 0 aromatic heterocycles. The SMILES string of the molecule is CC(=O)OC1O[C@@H](CO[Si](C)(C)C(C)(C)C)[C@H](O[Si](C)(C)C(C)(C)C)[C@@H]1O[Si](C)(C)C(C)(C)C. The first-order valence-electron chi connectivity index (χ1n) is 12.6. The minimum Gasteiger partial charge on any atom is -0.433 e. The molecule has 1 rings (SSSR count). The van der Waals surface area contributed by atoms with Crippen molar-refractivity contribution in [2.45, 2.75) is 148 Å². The number of esters is 1. The van der Waals surface area contributed by atoms with E-state index in [2.05, 4.69) is 102 Å². The number of carbonyl (C=O) groups is 1. The van der Waals surface area contributed by atoms with E-state index >= 15 is 0 Å². The van der Waals surface area contributed by atoms with E-state index in [1.54, 1.807) is 0 Å². The maximum atomic E-state index is 12.0. The Hall–Kier alpha value is -0.0394. The number of ether oxygens (including phenoxy) is 2. The second-order valence-electron chi connectivity index (χ2n) is 14.4. The molecule has 1 saturated heterocycles. The molecule has 1 unspecified atom stereocenters. The first-order valence-corrected chi connectivity index (χ1v) is 21.4. The van der Waals surface area contributed by atoms with E-state index in [1.165, 1.54) is 6.92 Å². The third-order valence-electron chi connectivity index (χ3n) is 8.44. The average Bonchev–Trinajstić information content (AvgIpc) is 2.85. The van der Waals surface area contributed by atoms with Gasteiger partial charge in [0.2, 0.25) is 6.29 Å². The predicted octanol–water partition coefficient (Wildman–Crippen LogP) is 7.08. The second-order valence-corrected chi connectivity index (χ2v) is 28.7. The second kappa shape index (κ2) is 10.4. The molecule has 0 saturated carbocycles. The highest BCUT2D eigenvalue weighted by molar-refractivity contribution is 6.75. The smallest absolute Gasteiger partial charge is 0.305 e. The molecule has 0 bridgehead atoms. The summed E-state index contributed by atoms with van der Waals surface area (Å²) in [6, 6.07) is 0. The van der Waals surface area contributed by atoms with Crippen LogP contribution >= 0.6 is 0 Å². The molecule has 1 aliphatic heterocycles. The fourth-order valence-electron chi connectivity index (χ4n) is 2.89. The average molecular weight is 535 g/mol. The van der Waals surface area contributed by atoms with E-state index in [9.17, 15) is 4.79 Å². The topological polar surface area (TPSA) is 63.2 Å². The van der Waals surface area contributed by atoms with E-state index in [-0.39, 0.29) is 33.3 Å². The lowest BCUT2D eigenvalue weighted by Crippen LogP contribution is -2.55. The molecule has 0 aromatic rings. The van der Waals surface area contributed by atoms with Crippen molar-refractivity contribution in [1.82, 2.24) is 0 Å². The van der Waals surface area contributed by atoms with Crippen LogP contribution in [0.2, 0.25) is 54.4 Å². The maximum Gasteiger partial charge on any atom is 0.305 e. The van der Waals surface area contributed by atoms with Crippen molar-refractivity contribution in [2.24, 2.45) is 0 Å². The largest absolute Gasteiger partial charge is 0.433 e. The van der Waals surface area contributed by atoms with Crippen LogP contribution in [0.25, 0.3) is 0 Å². The van der Waals surface area contributed by atoms with Crippen LogP contribution in [0.5, 0.6) is 0 Å². The third kappa shape index (κ3) is 7.73. The van der Waals surface area contributed by atoms with Crippen LogP contribution in [0.15, 0.2) is 0 Å². The van der Waals surface area contributed by atoms with Crippen molar-refractivity contribution in [3.05, 3.63) is 0 Å². The Morgan fingerprint density at radius 1 is 0.706 bits per heavy atom. The molecule has 0 spiro atoms. The molecule has 1 aliphatic rings. The molecular formula is C25H54O6Si3. The Morgan fingerprint density at radius 2 is 1.09 bits per heavy atom. The van der Waals surface area contributed by atoms with Gasteiger partial charge in [0.25, 0.3) is 0 Å². The van der Waals surface area contributed by atoms with Gasteiger partial charge in [0.15, 0.2) is 25.0 Å². The highest BCUT2D eigenvalue weighted by Gasteiger charge is 2.55. The van der Waals surface area contributed by atoms with Gasteiger partial charge in [0, 0.05) is 6.92 Å². The summed E-state index contributed by atoms with van der Waals surface area (Å²) in [5.41, 5.74) is 0. The van der Waals surface area contributed by atoms with Crippen molar-refractivity contribution in [2.75, 3.05) is 6.61 Å². The van der Waals surface area contributed by atoms with Gasteiger partial charge >= 0.3 is 5.97 Å². The molecule has 34 heavy (non-hydrogen) atoms. The van der Waals surface area contributed by atoms with Crippen LogP contribution in [-0.4, -0.2) is 62.1 Å². The lowest BCUT2D eigenvalue weighted by Gasteiger charge is -2.44. The van der Waals surface area contributed by atoms with Crippen molar-refractivity contribution in [1.29, 1.82) is 0 Å². The molecule has 4 atom stereocenters. The van der Waals surface area contributed by atoms with Crippen LogP contribution in [0, 0.1) is 0 Å². The highest BCUT2D eigenvalue weighted by Crippen LogP contribution is 2.44. The predicted molar refractivity (Wildman–Crippen MR) is 148 cm³/mol. The summed E-state index contributed by atoms with van der Waals surface area (Å²) in [6.07, 6.45) is -2.05. The summed E-state index contributed by atoms with van der Waals surface area (Å²) in [7, 11) is -6.41. The summed E-state index contributed by atoms with van der Waals surface area (Å²) in [4.78, 5) is 12.0. The first-order chi connectivity index (χ1) is 14.8. The summed E-state index contributed by atoms with van der Waals surface area (Å²) >= 11 is 0. The van der Waals surface area contributed by atoms with Crippen molar-refractivity contribution >= 4 is 30.9 Å². The van der Waals surface area contributed by atoms with Gasteiger partial charge in [-0.15, -0.1) is 0 Å². The summed E-state index contributed by atoms with van der Waals surface area (Å²) in [5.74, 6) is -0.383. The molecule has 0 radical (unpaired) electrons. The molecule has 1 fully saturated rings. The zero-order valence-corrected chi connectivity index (χ0v) is 28.0. The summed E-state index contributed by atoms with van der Waals surface area (Å²) in [5, 5.41) is 0.0810. The Bertz CT molecular complexity index is 701. The Balaban J connectivity index is 3.43. The molecule has 0 aliphatic carbocycles. The fourth-order valence-corrected chi connectivity index (χ4v) is 6.51. The Kier molecular flexibility index (Phi) is 9.76. The molecule has 0 amide bonds. The van der Waals surface area contributed by atoms with Crippen LogP contribution in [0.4, 0.5) is 0 Å². The van der Waals surface area contributed by atoms with Crippen molar-refractivity contribution in [3.63, 3.8) is 0 Å². The van der Waals surface area contributed by atoms with Gasteiger partial charge in [-0.05, 0) is 54.4 Å². The summed E-state index contributed by atoms with van der Waals surface area (Å²) in [6.45, 7) is 35.1. The van der Waals surface area contributed by atoms with Crippen LogP contribution in [0.1, 0.15) is 69.2 Å². The van der Waals surface area contributed by atoms with Crippen LogP contribution < -0.4 is 0 Å². The molecular weight excluding hydrogens is 481 g/mol. The van der Waals surface area contributed by atoms with E-state index in [1.807, 2.05) is 0 Å². The van der Waals surface area contributed by atoms with Gasteiger partial charge in [-0.25, -0.2) is 0 Å². The number of hydrogen-bond donors (Lipinski definition) is 0. The number of carbonyl (C=O) groups excluding carboxylic acids is 1. The quantitative estimate of drug-likeness (QED) is 0.245. The standard InChI is InChI=1S/C25H54O6Si3/c1-18(26)28-22-21(31-34(15,16)25(8,9)10)20(30-33(13,14)24(5,6)7)19(29-22)17-27-32(11,12)23(2,3)4/h19-22H,17H2,1-16H3/t19-,20-,21-,22?/m0/s1. The number of hydrogen-bond acceptors (Lipinski definition) is 6. The third-order valence-corrected chi connectivity index (χ3v) is 21.9. The van der Waals surface area contributed by atoms with Crippen molar-refractivity contribution < 1.29 is 27.5 Å². The Labute approximate surface area is 213 Å². The van der Waals surface area contributed by atoms with Gasteiger partial charge in [0.05, 0.1) is 6.61 Å². The summed E-state index contributed by atoms with van der Waals surface area (Å²) < 4.78 is 32.4. The highest BCUT2D eigenvalue weighted by atomic mass is 28.4. The molecule has 1 heterocycles. The van der Waals surface area contributed by atoms with Gasteiger partial charge in [-0.1, -0.05) is 62.3 Å². The molecule has 6 nitrogen and oxygen atoms in total. The lowest BCUT2D eigenvalue weighted by atomic mass is 10.1. The lowest BCUT2D eigenvalue weighted by molar-refractivity contribution is -0.185. The normalized spacial score (nSPS) is 25.5. The van der Waals surface area contributed by atoms with Gasteiger partial charge in [-0.2, -0.15) is 0 Å². The Morgan fingerprint density at radius 3 is 1.44 bits per heavy atom. The van der Waals surface area contributed by atoms with E-state index in [0.29, 0.717) is 6.61 Å². The minimum atomic E-state index is -2.21. The van der Waals surface area contributed by atoms with Crippen LogP contribution in [-0.2, 0) is 27.5 Å². The molecule has 0 N–H and O–H groups in total. The van der Waals surface area contributed by atoms with Gasteiger partial charge < -0.3 is 22.8 Å². The van der Waals surface area contributed by atoms with Gasteiger partial charge in [-0.3, -0.25) is 4.79 Å².